The normalized spacial score (nSPS) is 15.5. The van der Waals surface area contributed by atoms with Crippen LogP contribution in [0, 0.1) is 12.8 Å². The van der Waals surface area contributed by atoms with Crippen LogP contribution < -0.4 is 5.32 Å². The van der Waals surface area contributed by atoms with Crippen LogP contribution in [0.5, 0.6) is 0 Å². The molecule has 1 unspecified atom stereocenters. The quantitative estimate of drug-likeness (QED) is 0.481. The van der Waals surface area contributed by atoms with E-state index in [1.165, 1.54) is 18.7 Å². The molecule has 1 aliphatic heterocycles. The van der Waals surface area contributed by atoms with Gasteiger partial charge in [-0.3, -0.25) is 9.20 Å². The third-order valence-corrected chi connectivity index (χ3v) is 6.62. The first-order chi connectivity index (χ1) is 16.1. The number of amides is 1. The van der Waals surface area contributed by atoms with Gasteiger partial charge in [0, 0.05) is 43.7 Å². The molecule has 0 fully saturated rings. The van der Waals surface area contributed by atoms with Crippen LogP contribution in [0.3, 0.4) is 0 Å². The Labute approximate surface area is 193 Å². The summed E-state index contributed by atoms with van der Waals surface area (Å²) >= 11 is 0. The number of carbonyl (C=O) groups is 1. The fourth-order valence-electron chi connectivity index (χ4n) is 4.60. The molecule has 0 bridgehead atoms. The maximum atomic E-state index is 13.0. The molecule has 1 amide bonds. The van der Waals surface area contributed by atoms with Crippen molar-refractivity contribution in [2.75, 3.05) is 0 Å². The van der Waals surface area contributed by atoms with Crippen molar-refractivity contribution < 1.29 is 4.79 Å². The first-order valence-corrected chi connectivity index (χ1v) is 11.8. The molecule has 1 aliphatic rings. The molecule has 33 heavy (non-hydrogen) atoms. The van der Waals surface area contributed by atoms with Crippen molar-refractivity contribution in [3.8, 4) is 11.3 Å². The van der Waals surface area contributed by atoms with E-state index in [9.17, 15) is 4.79 Å². The van der Waals surface area contributed by atoms with E-state index in [1.807, 2.05) is 20.0 Å². The van der Waals surface area contributed by atoms with Crippen molar-refractivity contribution in [2.24, 2.45) is 5.92 Å². The van der Waals surface area contributed by atoms with Crippen molar-refractivity contribution in [1.29, 1.82) is 0 Å². The van der Waals surface area contributed by atoms with Crippen LogP contribution in [0.2, 0.25) is 0 Å². The molecule has 4 heterocycles. The van der Waals surface area contributed by atoms with Crippen LogP contribution in [0.25, 0.3) is 17.0 Å². The summed E-state index contributed by atoms with van der Waals surface area (Å²) in [6, 6.07) is 8.30. The van der Waals surface area contributed by atoms with E-state index >= 15 is 0 Å². The van der Waals surface area contributed by atoms with Crippen molar-refractivity contribution in [2.45, 2.75) is 59.5 Å². The maximum absolute atomic E-state index is 13.0. The lowest BCUT2D eigenvalue weighted by molar-refractivity contribution is 0.0944. The highest BCUT2D eigenvalue weighted by Crippen LogP contribution is 2.26. The Balaban J connectivity index is 1.29. The predicted molar refractivity (Wildman–Crippen MR) is 128 cm³/mol. The predicted octanol–water partition coefficient (Wildman–Crippen LogP) is 4.37. The van der Waals surface area contributed by atoms with Gasteiger partial charge in [0.2, 0.25) is 5.78 Å². The number of nitrogens with one attached hydrogen (secondary N) is 1. The summed E-state index contributed by atoms with van der Waals surface area (Å²) in [5.41, 5.74) is 5.49. The Kier molecular flexibility index (Phi) is 5.70. The minimum atomic E-state index is -0.136. The fourth-order valence-corrected chi connectivity index (χ4v) is 4.60. The summed E-state index contributed by atoms with van der Waals surface area (Å²) in [6.45, 7) is 7.73. The summed E-state index contributed by atoms with van der Waals surface area (Å²) in [6.07, 6.45) is 10.0. The monoisotopic (exact) mass is 442 g/mol. The standard InChI is InChI=1S/C26H30N6O/c1-4-18-10-11-31-16-22(29-23(31)12-18)20-8-6-19(7-9-20)14-27-25(33)24-21(5-2)30-26-28-13-17(3)15-32(24)26/h6-9,13,15-16,18H,4-5,10-12,14H2,1-3H3,(H,27,33). The van der Waals surface area contributed by atoms with Crippen LogP contribution in [0.1, 0.15) is 59.8 Å². The van der Waals surface area contributed by atoms with Gasteiger partial charge >= 0.3 is 0 Å². The summed E-state index contributed by atoms with van der Waals surface area (Å²) in [5.74, 6) is 2.37. The second-order valence-electron chi connectivity index (χ2n) is 8.94. The number of aromatic nitrogens is 5. The van der Waals surface area contributed by atoms with Crippen molar-refractivity contribution >= 4 is 11.7 Å². The first-order valence-electron chi connectivity index (χ1n) is 11.8. The minimum Gasteiger partial charge on any atom is -0.347 e. The number of aryl methyl sites for hydroxylation is 3. The molecular weight excluding hydrogens is 412 g/mol. The van der Waals surface area contributed by atoms with Crippen LogP contribution in [0.4, 0.5) is 0 Å². The number of hydrogen-bond acceptors (Lipinski definition) is 4. The Morgan fingerprint density at radius 1 is 1.15 bits per heavy atom. The van der Waals surface area contributed by atoms with Gasteiger partial charge < -0.3 is 9.88 Å². The highest BCUT2D eigenvalue weighted by molar-refractivity contribution is 5.94. The van der Waals surface area contributed by atoms with Crippen molar-refractivity contribution in [3.63, 3.8) is 0 Å². The number of carbonyl (C=O) groups excluding carboxylic acids is 1. The number of rotatable bonds is 6. The summed E-state index contributed by atoms with van der Waals surface area (Å²) in [4.78, 5) is 26.8. The van der Waals surface area contributed by atoms with Gasteiger partial charge in [-0.2, -0.15) is 0 Å². The zero-order valence-corrected chi connectivity index (χ0v) is 19.5. The third-order valence-electron chi connectivity index (χ3n) is 6.62. The zero-order valence-electron chi connectivity index (χ0n) is 19.5. The average molecular weight is 443 g/mol. The average Bonchev–Trinajstić information content (AvgIpc) is 3.43. The van der Waals surface area contributed by atoms with Crippen LogP contribution >= 0.6 is 0 Å². The van der Waals surface area contributed by atoms with Crippen LogP contribution in [0.15, 0.2) is 42.9 Å². The van der Waals surface area contributed by atoms with Gasteiger partial charge in [-0.15, -0.1) is 0 Å². The Bertz CT molecular complexity index is 1300. The molecule has 0 aliphatic carbocycles. The molecule has 0 saturated carbocycles. The van der Waals surface area contributed by atoms with E-state index < -0.39 is 0 Å². The summed E-state index contributed by atoms with van der Waals surface area (Å²) in [5, 5.41) is 3.05. The van der Waals surface area contributed by atoms with Gasteiger partial charge in [0.15, 0.2) is 0 Å². The molecule has 3 aromatic heterocycles. The number of imidazole rings is 2. The summed E-state index contributed by atoms with van der Waals surface area (Å²) < 4.78 is 4.09. The Morgan fingerprint density at radius 2 is 1.97 bits per heavy atom. The van der Waals surface area contributed by atoms with E-state index in [0.717, 1.165) is 47.0 Å². The molecule has 0 radical (unpaired) electrons. The van der Waals surface area contributed by atoms with E-state index in [4.69, 9.17) is 4.98 Å². The fraction of sp³-hybridized carbons (Fsp3) is 0.385. The Hall–Kier alpha value is -3.48. The second kappa shape index (κ2) is 8.81. The van der Waals surface area contributed by atoms with Gasteiger partial charge in [-0.25, -0.2) is 15.0 Å². The topological polar surface area (TPSA) is 77.1 Å². The highest BCUT2D eigenvalue weighted by atomic mass is 16.1. The smallest absolute Gasteiger partial charge is 0.270 e. The van der Waals surface area contributed by atoms with E-state index in [-0.39, 0.29) is 5.91 Å². The molecule has 0 saturated heterocycles. The highest BCUT2D eigenvalue weighted by Gasteiger charge is 2.20. The van der Waals surface area contributed by atoms with Gasteiger partial charge in [-0.05, 0) is 36.8 Å². The third kappa shape index (κ3) is 4.15. The van der Waals surface area contributed by atoms with E-state index in [0.29, 0.717) is 24.4 Å². The lowest BCUT2D eigenvalue weighted by Gasteiger charge is -2.21. The molecule has 7 heteroatoms. The SMILES string of the molecule is CCc1nc2ncc(C)cn2c1C(=O)NCc1ccc(-c2cn3c(n2)CC(CC)CC3)cc1. The minimum absolute atomic E-state index is 0.136. The largest absolute Gasteiger partial charge is 0.347 e. The number of hydrogen-bond donors (Lipinski definition) is 1. The molecular formula is C26H30N6O. The van der Waals surface area contributed by atoms with Gasteiger partial charge in [0.1, 0.15) is 11.5 Å². The molecule has 170 valence electrons. The molecule has 1 atom stereocenters. The number of fused-ring (bicyclic) bond motifs is 2. The molecule has 1 aromatic carbocycles. The lowest BCUT2D eigenvalue weighted by atomic mass is 9.95. The van der Waals surface area contributed by atoms with Gasteiger partial charge in [0.05, 0.1) is 11.4 Å². The van der Waals surface area contributed by atoms with Gasteiger partial charge in [-0.1, -0.05) is 44.5 Å². The zero-order chi connectivity index (χ0) is 22.9. The summed E-state index contributed by atoms with van der Waals surface area (Å²) in [7, 11) is 0. The van der Waals surface area contributed by atoms with Crippen LogP contribution in [-0.4, -0.2) is 29.8 Å². The molecule has 0 spiro atoms. The number of nitrogens with zero attached hydrogens (tertiary/aromatic N) is 5. The lowest BCUT2D eigenvalue weighted by Crippen LogP contribution is -2.25. The molecule has 5 rings (SSSR count). The molecule has 1 N–H and O–H groups in total. The maximum Gasteiger partial charge on any atom is 0.270 e. The Morgan fingerprint density at radius 3 is 2.73 bits per heavy atom. The number of benzene rings is 1. The van der Waals surface area contributed by atoms with Gasteiger partial charge in [0.25, 0.3) is 5.91 Å². The van der Waals surface area contributed by atoms with Crippen LogP contribution in [-0.2, 0) is 25.9 Å². The first kappa shape index (κ1) is 21.4. The molecule has 7 nitrogen and oxygen atoms in total. The van der Waals surface area contributed by atoms with Crippen molar-refractivity contribution in [3.05, 3.63) is 71.2 Å². The van der Waals surface area contributed by atoms with E-state index in [2.05, 4.69) is 57.2 Å². The van der Waals surface area contributed by atoms with Crippen molar-refractivity contribution in [1.82, 2.24) is 29.2 Å². The second-order valence-corrected chi connectivity index (χ2v) is 8.94. The molecule has 4 aromatic rings. The van der Waals surface area contributed by atoms with E-state index in [1.54, 1.807) is 10.6 Å².